The van der Waals surface area contributed by atoms with Crippen LogP contribution in [0.3, 0.4) is 0 Å². The molecule has 1 aliphatic rings. The van der Waals surface area contributed by atoms with Crippen molar-refractivity contribution in [3.8, 4) is 0 Å². The maximum absolute atomic E-state index is 2.49. The summed E-state index contributed by atoms with van der Waals surface area (Å²) in [5, 5.41) is 0. The lowest BCUT2D eigenvalue weighted by molar-refractivity contribution is 0.124. The van der Waals surface area contributed by atoms with Crippen molar-refractivity contribution >= 4 is 0 Å². The quantitative estimate of drug-likeness (QED) is 0.591. The Morgan fingerprint density at radius 1 is 1.07 bits per heavy atom. The van der Waals surface area contributed by atoms with Crippen LogP contribution >= 0.6 is 0 Å². The van der Waals surface area contributed by atoms with Crippen molar-refractivity contribution in [2.24, 2.45) is 17.3 Å². The Balaban J connectivity index is 2.38. The van der Waals surface area contributed by atoms with Crippen LogP contribution in [0.1, 0.15) is 72.6 Å². The molecule has 0 bridgehead atoms. The molecule has 0 aliphatic heterocycles. The van der Waals surface area contributed by atoms with Crippen LogP contribution in [0.2, 0.25) is 0 Å². The van der Waals surface area contributed by atoms with Gasteiger partial charge in [-0.05, 0) is 36.5 Å². The molecule has 0 N–H and O–H groups in total. The van der Waals surface area contributed by atoms with Gasteiger partial charge in [0.05, 0.1) is 0 Å². The molecule has 1 saturated carbocycles. The summed E-state index contributed by atoms with van der Waals surface area (Å²) in [6.07, 6.45) is 10.1. The van der Waals surface area contributed by atoms with Crippen molar-refractivity contribution in [3.05, 3.63) is 0 Å². The van der Waals surface area contributed by atoms with E-state index in [0.29, 0.717) is 5.41 Å². The van der Waals surface area contributed by atoms with Crippen LogP contribution in [-0.4, -0.2) is 0 Å². The Bertz CT molecular complexity index is 149. The number of hydrogen-bond donors (Lipinski definition) is 0. The molecule has 1 aliphatic carbocycles. The standard InChI is InChI=1S/C14H28/c1-5-6-11-14(3,4)13-9-7-12(2)8-10-13/h12-13H,5-11H2,1-4H3. The molecule has 0 heterocycles. The molecule has 0 aromatic rings. The molecular formula is C14H28. The number of hydrogen-bond acceptors (Lipinski definition) is 0. The molecule has 14 heavy (non-hydrogen) atoms. The molecule has 0 heteroatoms. The van der Waals surface area contributed by atoms with E-state index in [9.17, 15) is 0 Å². The fraction of sp³-hybridized carbons (Fsp3) is 1.00. The lowest BCUT2D eigenvalue weighted by Gasteiger charge is -2.39. The van der Waals surface area contributed by atoms with Crippen LogP contribution in [0, 0.1) is 17.3 Å². The van der Waals surface area contributed by atoms with E-state index in [2.05, 4.69) is 27.7 Å². The van der Waals surface area contributed by atoms with E-state index in [-0.39, 0.29) is 0 Å². The van der Waals surface area contributed by atoms with Crippen molar-refractivity contribution < 1.29 is 0 Å². The highest BCUT2D eigenvalue weighted by Crippen LogP contribution is 2.42. The molecular weight excluding hydrogens is 168 g/mol. The monoisotopic (exact) mass is 196 g/mol. The topological polar surface area (TPSA) is 0 Å². The first kappa shape index (κ1) is 12.1. The normalized spacial score (nSPS) is 29.1. The van der Waals surface area contributed by atoms with Gasteiger partial charge in [0.25, 0.3) is 0 Å². The maximum atomic E-state index is 2.49. The summed E-state index contributed by atoms with van der Waals surface area (Å²) in [5.41, 5.74) is 0.607. The molecule has 1 fully saturated rings. The summed E-state index contributed by atoms with van der Waals surface area (Å²) in [6, 6.07) is 0. The highest BCUT2D eigenvalue weighted by Gasteiger charge is 2.31. The molecule has 1 rings (SSSR count). The number of rotatable bonds is 4. The minimum atomic E-state index is 0.607. The minimum absolute atomic E-state index is 0.607. The summed E-state index contributed by atoms with van der Waals surface area (Å²) in [4.78, 5) is 0. The van der Waals surface area contributed by atoms with Crippen molar-refractivity contribution in [3.63, 3.8) is 0 Å². The summed E-state index contributed by atoms with van der Waals surface area (Å²) in [7, 11) is 0. The second-order valence-electron chi connectivity index (χ2n) is 6.05. The molecule has 0 aromatic carbocycles. The van der Waals surface area contributed by atoms with Crippen LogP contribution in [0.25, 0.3) is 0 Å². The Labute approximate surface area is 90.5 Å². The van der Waals surface area contributed by atoms with Crippen LogP contribution < -0.4 is 0 Å². The zero-order chi connectivity index (χ0) is 10.6. The Kier molecular flexibility index (Phi) is 4.47. The molecule has 0 atom stereocenters. The van der Waals surface area contributed by atoms with Crippen LogP contribution in [0.15, 0.2) is 0 Å². The van der Waals surface area contributed by atoms with E-state index in [1.54, 1.807) is 0 Å². The fourth-order valence-corrected chi connectivity index (χ4v) is 2.88. The van der Waals surface area contributed by atoms with Gasteiger partial charge in [-0.25, -0.2) is 0 Å². The minimum Gasteiger partial charge on any atom is -0.0654 e. The van der Waals surface area contributed by atoms with Crippen molar-refractivity contribution in [2.45, 2.75) is 72.6 Å². The molecule has 0 radical (unpaired) electrons. The summed E-state index contributed by atoms with van der Waals surface area (Å²) in [6.45, 7) is 9.70. The van der Waals surface area contributed by atoms with E-state index < -0.39 is 0 Å². The molecule has 84 valence electrons. The van der Waals surface area contributed by atoms with E-state index in [0.717, 1.165) is 11.8 Å². The Morgan fingerprint density at radius 3 is 2.14 bits per heavy atom. The molecule has 0 nitrogen and oxygen atoms in total. The van der Waals surface area contributed by atoms with Gasteiger partial charge in [0.1, 0.15) is 0 Å². The first-order valence-electron chi connectivity index (χ1n) is 6.56. The second-order valence-corrected chi connectivity index (χ2v) is 6.05. The first-order chi connectivity index (χ1) is 6.56. The van der Waals surface area contributed by atoms with E-state index in [1.807, 2.05) is 0 Å². The van der Waals surface area contributed by atoms with Gasteiger partial charge in [-0.3, -0.25) is 0 Å². The van der Waals surface area contributed by atoms with Gasteiger partial charge in [-0.1, -0.05) is 53.4 Å². The molecule has 0 amide bonds. The zero-order valence-corrected chi connectivity index (χ0v) is 10.6. The average molecular weight is 196 g/mol. The van der Waals surface area contributed by atoms with Crippen LogP contribution in [-0.2, 0) is 0 Å². The van der Waals surface area contributed by atoms with Gasteiger partial charge >= 0.3 is 0 Å². The first-order valence-corrected chi connectivity index (χ1v) is 6.56. The smallest absolute Gasteiger partial charge is 0.0326 e. The predicted octanol–water partition coefficient (Wildman–Crippen LogP) is 5.03. The third kappa shape index (κ3) is 3.29. The van der Waals surface area contributed by atoms with E-state index >= 15 is 0 Å². The van der Waals surface area contributed by atoms with E-state index in [1.165, 1.54) is 44.9 Å². The Hall–Kier alpha value is 0. The lowest BCUT2D eigenvalue weighted by Crippen LogP contribution is -2.27. The van der Waals surface area contributed by atoms with Crippen molar-refractivity contribution in [1.82, 2.24) is 0 Å². The van der Waals surface area contributed by atoms with Gasteiger partial charge in [-0.15, -0.1) is 0 Å². The highest BCUT2D eigenvalue weighted by atomic mass is 14.4. The SMILES string of the molecule is CCCCC(C)(C)C1CCC(C)CC1. The third-order valence-electron chi connectivity index (χ3n) is 4.30. The predicted molar refractivity (Wildman–Crippen MR) is 64.4 cm³/mol. The Morgan fingerprint density at radius 2 is 1.64 bits per heavy atom. The molecule has 0 spiro atoms. The second kappa shape index (κ2) is 5.19. The van der Waals surface area contributed by atoms with Crippen molar-refractivity contribution in [1.29, 1.82) is 0 Å². The number of unbranched alkanes of at least 4 members (excludes halogenated alkanes) is 1. The highest BCUT2D eigenvalue weighted by molar-refractivity contribution is 4.82. The largest absolute Gasteiger partial charge is 0.0654 e. The molecule has 0 unspecified atom stereocenters. The summed E-state index contributed by atoms with van der Waals surface area (Å²) < 4.78 is 0. The summed E-state index contributed by atoms with van der Waals surface area (Å²) >= 11 is 0. The third-order valence-corrected chi connectivity index (χ3v) is 4.30. The zero-order valence-electron chi connectivity index (χ0n) is 10.6. The van der Waals surface area contributed by atoms with Gasteiger partial charge in [0.15, 0.2) is 0 Å². The molecule has 0 saturated heterocycles. The van der Waals surface area contributed by atoms with Gasteiger partial charge in [0, 0.05) is 0 Å². The fourth-order valence-electron chi connectivity index (χ4n) is 2.88. The maximum Gasteiger partial charge on any atom is -0.0326 e. The van der Waals surface area contributed by atoms with E-state index in [4.69, 9.17) is 0 Å². The average Bonchev–Trinajstić information content (AvgIpc) is 2.16. The molecule has 0 aromatic heterocycles. The summed E-state index contributed by atoms with van der Waals surface area (Å²) in [5.74, 6) is 2.00. The van der Waals surface area contributed by atoms with Crippen molar-refractivity contribution in [2.75, 3.05) is 0 Å². The van der Waals surface area contributed by atoms with Crippen LogP contribution in [0.4, 0.5) is 0 Å². The van der Waals surface area contributed by atoms with Gasteiger partial charge in [-0.2, -0.15) is 0 Å². The van der Waals surface area contributed by atoms with Gasteiger partial charge < -0.3 is 0 Å². The lowest BCUT2D eigenvalue weighted by atomic mass is 9.67. The van der Waals surface area contributed by atoms with Crippen LogP contribution in [0.5, 0.6) is 0 Å². The van der Waals surface area contributed by atoms with Gasteiger partial charge in [0.2, 0.25) is 0 Å².